The minimum atomic E-state index is 0.829. The maximum Gasteiger partial charge on any atom is 0.125 e. The van der Waals surface area contributed by atoms with Crippen LogP contribution in [-0.2, 0) is 19.5 Å². The van der Waals surface area contributed by atoms with Crippen LogP contribution < -0.4 is 0 Å². The molecule has 2 aromatic rings. The number of aromatic nitrogens is 4. The molecule has 1 aliphatic rings. The number of aryl methyl sites for hydroxylation is 2. The van der Waals surface area contributed by atoms with Crippen LogP contribution in [0.4, 0.5) is 0 Å². The van der Waals surface area contributed by atoms with E-state index in [-0.39, 0.29) is 0 Å². The van der Waals surface area contributed by atoms with Gasteiger partial charge in [-0.1, -0.05) is 0 Å². The van der Waals surface area contributed by atoms with Gasteiger partial charge in [0.25, 0.3) is 0 Å². The molecule has 2 aromatic heterocycles. The topological polar surface area (TPSA) is 54.8 Å². The molecule has 0 bridgehead atoms. The average Bonchev–Trinajstić information content (AvgIpc) is 2.41. The second-order valence-electron chi connectivity index (χ2n) is 5.00. The highest BCUT2D eigenvalue weighted by molar-refractivity contribution is 5.20. The molecule has 0 atom stereocenters. The summed E-state index contributed by atoms with van der Waals surface area (Å²) >= 11 is 0. The van der Waals surface area contributed by atoms with Crippen molar-refractivity contribution in [2.75, 3.05) is 6.54 Å². The van der Waals surface area contributed by atoms with Gasteiger partial charge in [-0.2, -0.15) is 0 Å². The van der Waals surface area contributed by atoms with Crippen LogP contribution in [0.1, 0.15) is 28.5 Å². The Balaban J connectivity index is 1.73. The molecule has 0 radical (unpaired) electrons. The first-order chi connectivity index (χ1) is 9.20. The van der Waals surface area contributed by atoms with Crippen molar-refractivity contribution in [3.05, 3.63) is 47.1 Å². The first-order valence-electron chi connectivity index (χ1n) is 6.52. The van der Waals surface area contributed by atoms with E-state index in [4.69, 9.17) is 0 Å². The number of hydrogen-bond acceptors (Lipinski definition) is 5. The fourth-order valence-corrected chi connectivity index (χ4v) is 2.32. The molecule has 0 N–H and O–H groups in total. The molecule has 5 nitrogen and oxygen atoms in total. The summed E-state index contributed by atoms with van der Waals surface area (Å²) in [5, 5.41) is 0. The Kier molecular flexibility index (Phi) is 3.21. The molecule has 1 aliphatic heterocycles. The van der Waals surface area contributed by atoms with Crippen molar-refractivity contribution in [2.45, 2.75) is 33.4 Å². The summed E-state index contributed by atoms with van der Waals surface area (Å²) in [7, 11) is 0. The van der Waals surface area contributed by atoms with E-state index >= 15 is 0 Å². The zero-order valence-electron chi connectivity index (χ0n) is 11.3. The molecule has 0 amide bonds. The van der Waals surface area contributed by atoms with Gasteiger partial charge in [0, 0.05) is 38.2 Å². The van der Waals surface area contributed by atoms with Crippen LogP contribution in [-0.4, -0.2) is 31.4 Å². The van der Waals surface area contributed by atoms with Crippen molar-refractivity contribution in [1.29, 1.82) is 0 Å². The number of fused-ring (bicyclic) bond motifs is 1. The van der Waals surface area contributed by atoms with Gasteiger partial charge in [-0.25, -0.2) is 9.97 Å². The maximum absolute atomic E-state index is 4.53. The lowest BCUT2D eigenvalue weighted by atomic mass is 10.1. The highest BCUT2D eigenvalue weighted by Gasteiger charge is 2.18. The van der Waals surface area contributed by atoms with Gasteiger partial charge in [-0.15, -0.1) is 0 Å². The normalized spacial score (nSPS) is 15.3. The molecule has 19 heavy (non-hydrogen) atoms. The van der Waals surface area contributed by atoms with Gasteiger partial charge in [-0.3, -0.25) is 14.9 Å². The second kappa shape index (κ2) is 5.01. The van der Waals surface area contributed by atoms with Crippen molar-refractivity contribution in [3.8, 4) is 0 Å². The molecular formula is C14H17N5. The van der Waals surface area contributed by atoms with Crippen LogP contribution in [0.15, 0.2) is 18.6 Å². The highest BCUT2D eigenvalue weighted by Crippen LogP contribution is 2.17. The van der Waals surface area contributed by atoms with Crippen molar-refractivity contribution in [1.82, 2.24) is 24.8 Å². The third-order valence-corrected chi connectivity index (χ3v) is 3.37. The molecule has 0 saturated carbocycles. The summed E-state index contributed by atoms with van der Waals surface area (Å²) < 4.78 is 0. The summed E-state index contributed by atoms with van der Waals surface area (Å²) in [6.45, 7) is 6.61. The van der Waals surface area contributed by atoms with Crippen molar-refractivity contribution in [2.24, 2.45) is 0 Å². The lowest BCUT2D eigenvalue weighted by molar-refractivity contribution is 0.237. The lowest BCUT2D eigenvalue weighted by Gasteiger charge is -2.27. The molecule has 98 valence electrons. The minimum Gasteiger partial charge on any atom is -0.291 e. The molecule has 0 unspecified atom stereocenters. The molecule has 0 aliphatic carbocycles. The first-order valence-corrected chi connectivity index (χ1v) is 6.52. The molecule has 0 saturated heterocycles. The number of rotatable bonds is 2. The summed E-state index contributed by atoms with van der Waals surface area (Å²) in [5.41, 5.74) is 4.39. The SMILES string of the molecule is Cc1cnc(CN2CCc3cnc(C)nc3C2)cn1. The van der Waals surface area contributed by atoms with Crippen LogP contribution in [0.3, 0.4) is 0 Å². The summed E-state index contributed by atoms with van der Waals surface area (Å²) in [6, 6.07) is 0. The van der Waals surface area contributed by atoms with E-state index in [1.54, 1.807) is 0 Å². The van der Waals surface area contributed by atoms with Crippen molar-refractivity contribution >= 4 is 0 Å². The smallest absolute Gasteiger partial charge is 0.125 e. The second-order valence-corrected chi connectivity index (χ2v) is 5.00. The van der Waals surface area contributed by atoms with Gasteiger partial charge in [-0.05, 0) is 25.8 Å². The van der Waals surface area contributed by atoms with Crippen molar-refractivity contribution in [3.63, 3.8) is 0 Å². The van der Waals surface area contributed by atoms with E-state index in [0.717, 1.165) is 49.0 Å². The molecule has 3 heterocycles. The van der Waals surface area contributed by atoms with Crippen LogP contribution in [0.25, 0.3) is 0 Å². The van der Waals surface area contributed by atoms with E-state index in [9.17, 15) is 0 Å². The zero-order valence-corrected chi connectivity index (χ0v) is 11.3. The van der Waals surface area contributed by atoms with Gasteiger partial charge in [0.15, 0.2) is 0 Å². The Morgan fingerprint density at radius 1 is 1.11 bits per heavy atom. The standard InChI is InChI=1S/C14H17N5/c1-10-5-17-13(7-15-10)8-19-4-3-12-6-16-11(2)18-14(12)9-19/h5-7H,3-4,8-9H2,1-2H3. The molecule has 0 aromatic carbocycles. The van der Waals surface area contributed by atoms with Crippen LogP contribution in [0, 0.1) is 13.8 Å². The van der Waals surface area contributed by atoms with Crippen LogP contribution >= 0.6 is 0 Å². The first kappa shape index (κ1) is 12.2. The Morgan fingerprint density at radius 3 is 2.79 bits per heavy atom. The Bertz CT molecular complexity index is 579. The zero-order chi connectivity index (χ0) is 13.2. The van der Waals surface area contributed by atoms with Crippen LogP contribution in [0.5, 0.6) is 0 Å². The Labute approximate surface area is 112 Å². The Hall–Kier alpha value is -1.88. The third-order valence-electron chi connectivity index (χ3n) is 3.37. The Morgan fingerprint density at radius 2 is 2.00 bits per heavy atom. The number of nitrogens with zero attached hydrogens (tertiary/aromatic N) is 5. The largest absolute Gasteiger partial charge is 0.291 e. The maximum atomic E-state index is 4.53. The minimum absolute atomic E-state index is 0.829. The van der Waals surface area contributed by atoms with E-state index in [1.807, 2.05) is 32.4 Å². The van der Waals surface area contributed by atoms with E-state index in [2.05, 4.69) is 24.8 Å². The van der Waals surface area contributed by atoms with Gasteiger partial charge in [0.05, 0.1) is 17.1 Å². The van der Waals surface area contributed by atoms with Gasteiger partial charge in [0.2, 0.25) is 0 Å². The summed E-state index contributed by atoms with van der Waals surface area (Å²) in [5.74, 6) is 0.843. The predicted octanol–water partition coefficient (Wildman–Crippen LogP) is 1.44. The fraction of sp³-hybridized carbons (Fsp3) is 0.429. The molecular weight excluding hydrogens is 238 g/mol. The molecule has 3 rings (SSSR count). The predicted molar refractivity (Wildman–Crippen MR) is 71.4 cm³/mol. The number of hydrogen-bond donors (Lipinski definition) is 0. The lowest BCUT2D eigenvalue weighted by Crippen LogP contribution is -2.31. The average molecular weight is 255 g/mol. The van der Waals surface area contributed by atoms with E-state index in [0.29, 0.717) is 0 Å². The van der Waals surface area contributed by atoms with E-state index < -0.39 is 0 Å². The van der Waals surface area contributed by atoms with Gasteiger partial charge < -0.3 is 0 Å². The molecule has 0 spiro atoms. The monoisotopic (exact) mass is 255 g/mol. The van der Waals surface area contributed by atoms with Crippen molar-refractivity contribution < 1.29 is 0 Å². The molecule has 5 heteroatoms. The van der Waals surface area contributed by atoms with E-state index in [1.165, 1.54) is 5.56 Å². The molecule has 0 fully saturated rings. The van der Waals surface area contributed by atoms with Gasteiger partial charge >= 0.3 is 0 Å². The summed E-state index contributed by atoms with van der Waals surface area (Å²) in [4.78, 5) is 19.8. The quantitative estimate of drug-likeness (QED) is 0.812. The summed E-state index contributed by atoms with van der Waals surface area (Å²) in [6.07, 6.45) is 6.64. The highest BCUT2D eigenvalue weighted by atomic mass is 15.1. The third kappa shape index (κ3) is 2.76. The van der Waals surface area contributed by atoms with Gasteiger partial charge in [0.1, 0.15) is 5.82 Å². The van der Waals surface area contributed by atoms with Crippen LogP contribution in [0.2, 0.25) is 0 Å². The fourth-order valence-electron chi connectivity index (χ4n) is 2.32.